The van der Waals surface area contributed by atoms with Crippen molar-refractivity contribution in [2.45, 2.75) is 32.0 Å². The van der Waals surface area contributed by atoms with Crippen molar-refractivity contribution in [2.24, 2.45) is 5.73 Å². The van der Waals surface area contributed by atoms with Crippen molar-refractivity contribution in [3.63, 3.8) is 0 Å². The Bertz CT molecular complexity index is 162. The Labute approximate surface area is 86.7 Å². The lowest BCUT2D eigenvalue weighted by Gasteiger charge is -2.42. The summed E-state index contributed by atoms with van der Waals surface area (Å²) in [5.74, 6) is 0. The van der Waals surface area contributed by atoms with E-state index in [-0.39, 0.29) is 6.10 Å². The van der Waals surface area contributed by atoms with Gasteiger partial charge in [0, 0.05) is 38.3 Å². The van der Waals surface area contributed by atoms with E-state index < -0.39 is 0 Å². The fourth-order valence-corrected chi connectivity index (χ4v) is 2.04. The first-order chi connectivity index (χ1) is 6.54. The highest BCUT2D eigenvalue weighted by Crippen LogP contribution is 2.13. The van der Waals surface area contributed by atoms with Crippen LogP contribution in [0.1, 0.15) is 13.8 Å². The maximum atomic E-state index is 9.47. The molecule has 4 nitrogen and oxygen atoms in total. The van der Waals surface area contributed by atoms with Crippen molar-refractivity contribution < 1.29 is 5.11 Å². The highest BCUT2D eigenvalue weighted by molar-refractivity contribution is 4.83. The number of likely N-dealkylation sites (N-methyl/N-ethyl adjacent to an activating group) is 1. The van der Waals surface area contributed by atoms with Gasteiger partial charge in [-0.15, -0.1) is 0 Å². The molecule has 1 aliphatic rings. The molecule has 1 saturated heterocycles. The summed E-state index contributed by atoms with van der Waals surface area (Å²) >= 11 is 0. The minimum atomic E-state index is -0.377. The summed E-state index contributed by atoms with van der Waals surface area (Å²) in [6.07, 6.45) is -0.377. The maximum Gasteiger partial charge on any atom is 0.0789 e. The molecule has 0 aromatic heterocycles. The Balaban J connectivity index is 2.41. The van der Waals surface area contributed by atoms with Crippen molar-refractivity contribution in [3.05, 3.63) is 0 Å². The third-order valence-electron chi connectivity index (χ3n) is 3.18. The van der Waals surface area contributed by atoms with Crippen molar-refractivity contribution in [2.75, 3.05) is 33.2 Å². The molecule has 4 heteroatoms. The van der Waals surface area contributed by atoms with Crippen LogP contribution in [0.15, 0.2) is 0 Å². The van der Waals surface area contributed by atoms with Gasteiger partial charge in [0.1, 0.15) is 0 Å². The molecule has 84 valence electrons. The maximum absolute atomic E-state index is 9.47. The summed E-state index contributed by atoms with van der Waals surface area (Å²) in [4.78, 5) is 4.68. The van der Waals surface area contributed by atoms with Crippen LogP contribution in [0, 0.1) is 0 Å². The molecule has 0 spiro atoms. The second-order valence-corrected chi connectivity index (χ2v) is 4.47. The molecule has 1 fully saturated rings. The molecule has 0 bridgehead atoms. The molecule has 0 amide bonds. The van der Waals surface area contributed by atoms with E-state index in [1.165, 1.54) is 0 Å². The summed E-state index contributed by atoms with van der Waals surface area (Å²) in [5.41, 5.74) is 5.40. The number of aliphatic hydroxyl groups is 1. The molecule has 1 aliphatic heterocycles. The molecule has 0 radical (unpaired) electrons. The SMILES string of the molecule is CC1CN(CC(O)CN)CC(C)N1C. The number of hydrogen-bond acceptors (Lipinski definition) is 4. The summed E-state index contributed by atoms with van der Waals surface area (Å²) in [6, 6.07) is 1.12. The van der Waals surface area contributed by atoms with E-state index in [4.69, 9.17) is 5.73 Å². The van der Waals surface area contributed by atoms with Crippen LogP contribution in [0.4, 0.5) is 0 Å². The average Bonchev–Trinajstić information content (AvgIpc) is 2.14. The van der Waals surface area contributed by atoms with Gasteiger partial charge in [-0.05, 0) is 20.9 Å². The monoisotopic (exact) mass is 201 g/mol. The van der Waals surface area contributed by atoms with Gasteiger partial charge in [0.05, 0.1) is 6.10 Å². The number of nitrogens with zero attached hydrogens (tertiary/aromatic N) is 2. The fraction of sp³-hybridized carbons (Fsp3) is 1.00. The van der Waals surface area contributed by atoms with Crippen molar-refractivity contribution in [1.82, 2.24) is 9.80 Å². The highest BCUT2D eigenvalue weighted by Gasteiger charge is 2.26. The van der Waals surface area contributed by atoms with Gasteiger partial charge in [0.15, 0.2) is 0 Å². The number of hydrogen-bond donors (Lipinski definition) is 2. The number of nitrogens with two attached hydrogens (primary N) is 1. The van der Waals surface area contributed by atoms with Crippen LogP contribution in [-0.4, -0.2) is 66.3 Å². The lowest BCUT2D eigenvalue weighted by molar-refractivity contribution is 0.0308. The van der Waals surface area contributed by atoms with Gasteiger partial charge in [-0.3, -0.25) is 9.80 Å². The van der Waals surface area contributed by atoms with E-state index in [9.17, 15) is 5.11 Å². The van der Waals surface area contributed by atoms with Gasteiger partial charge in [0.2, 0.25) is 0 Å². The van der Waals surface area contributed by atoms with E-state index in [2.05, 4.69) is 30.7 Å². The molecule has 0 aromatic carbocycles. The Morgan fingerprint density at radius 2 is 1.86 bits per heavy atom. The lowest BCUT2D eigenvalue weighted by Crippen LogP contribution is -2.56. The van der Waals surface area contributed by atoms with Gasteiger partial charge in [-0.2, -0.15) is 0 Å². The van der Waals surface area contributed by atoms with E-state index >= 15 is 0 Å². The quantitative estimate of drug-likeness (QED) is 0.636. The van der Waals surface area contributed by atoms with Gasteiger partial charge in [-0.25, -0.2) is 0 Å². The molecule has 1 heterocycles. The predicted octanol–water partition coefficient (Wildman–Crippen LogP) is -0.670. The van der Waals surface area contributed by atoms with Crippen molar-refractivity contribution >= 4 is 0 Å². The second-order valence-electron chi connectivity index (χ2n) is 4.47. The van der Waals surface area contributed by atoms with Crippen LogP contribution in [-0.2, 0) is 0 Å². The summed E-state index contributed by atoms with van der Waals surface area (Å²) in [6.45, 7) is 7.55. The minimum absolute atomic E-state index is 0.356. The number of β-amino-alcohol motifs (C(OH)–C–C–N with tert-alkyl or cyclic N) is 1. The van der Waals surface area contributed by atoms with Crippen LogP contribution < -0.4 is 5.73 Å². The lowest BCUT2D eigenvalue weighted by atomic mass is 10.1. The van der Waals surface area contributed by atoms with E-state index in [0.29, 0.717) is 25.2 Å². The Morgan fingerprint density at radius 3 is 2.29 bits per heavy atom. The molecular weight excluding hydrogens is 178 g/mol. The van der Waals surface area contributed by atoms with Gasteiger partial charge in [-0.1, -0.05) is 0 Å². The van der Waals surface area contributed by atoms with Crippen molar-refractivity contribution in [1.29, 1.82) is 0 Å². The van der Waals surface area contributed by atoms with Crippen molar-refractivity contribution in [3.8, 4) is 0 Å². The van der Waals surface area contributed by atoms with Crippen LogP contribution in [0.5, 0.6) is 0 Å². The molecule has 14 heavy (non-hydrogen) atoms. The standard InChI is InChI=1S/C10H23N3O/c1-8-5-13(7-10(14)4-11)6-9(2)12(8)3/h8-10,14H,4-7,11H2,1-3H3. The van der Waals surface area contributed by atoms with Crippen LogP contribution in [0.2, 0.25) is 0 Å². The largest absolute Gasteiger partial charge is 0.390 e. The third-order valence-corrected chi connectivity index (χ3v) is 3.18. The zero-order valence-electron chi connectivity index (χ0n) is 9.48. The molecular formula is C10H23N3O. The fourth-order valence-electron chi connectivity index (χ4n) is 2.04. The molecule has 1 rings (SSSR count). The highest BCUT2D eigenvalue weighted by atomic mass is 16.3. The molecule has 3 unspecified atom stereocenters. The van der Waals surface area contributed by atoms with E-state index in [0.717, 1.165) is 13.1 Å². The molecule has 0 saturated carbocycles. The van der Waals surface area contributed by atoms with E-state index in [1.54, 1.807) is 0 Å². The average molecular weight is 201 g/mol. The molecule has 3 atom stereocenters. The Hall–Kier alpha value is -0.160. The zero-order chi connectivity index (χ0) is 10.7. The Kier molecular flexibility index (Phi) is 4.31. The topological polar surface area (TPSA) is 52.7 Å². The smallest absolute Gasteiger partial charge is 0.0789 e. The number of piperazine rings is 1. The summed E-state index contributed by atoms with van der Waals surface area (Å²) in [7, 11) is 2.16. The van der Waals surface area contributed by atoms with Crippen LogP contribution in [0.25, 0.3) is 0 Å². The predicted molar refractivity (Wildman–Crippen MR) is 58.2 cm³/mol. The van der Waals surface area contributed by atoms with Crippen LogP contribution in [0.3, 0.4) is 0 Å². The number of rotatable bonds is 3. The van der Waals surface area contributed by atoms with Crippen LogP contribution >= 0.6 is 0 Å². The molecule has 0 aromatic rings. The number of aliphatic hydroxyl groups excluding tert-OH is 1. The first kappa shape index (κ1) is 11.9. The van der Waals surface area contributed by atoms with Gasteiger partial charge >= 0.3 is 0 Å². The zero-order valence-corrected chi connectivity index (χ0v) is 9.48. The van der Waals surface area contributed by atoms with Gasteiger partial charge < -0.3 is 10.8 Å². The molecule has 3 N–H and O–H groups in total. The van der Waals surface area contributed by atoms with E-state index in [1.807, 2.05) is 0 Å². The third kappa shape index (κ3) is 2.92. The first-order valence-corrected chi connectivity index (χ1v) is 5.37. The molecule has 0 aliphatic carbocycles. The summed E-state index contributed by atoms with van der Waals surface area (Å²) < 4.78 is 0. The first-order valence-electron chi connectivity index (χ1n) is 5.37. The van der Waals surface area contributed by atoms with Gasteiger partial charge in [0.25, 0.3) is 0 Å². The summed E-state index contributed by atoms with van der Waals surface area (Å²) in [5, 5.41) is 9.47. The Morgan fingerprint density at radius 1 is 1.36 bits per heavy atom. The minimum Gasteiger partial charge on any atom is -0.390 e. The normalized spacial score (nSPS) is 33.2. The second kappa shape index (κ2) is 5.07.